The summed E-state index contributed by atoms with van der Waals surface area (Å²) in [6, 6.07) is 9.33. The van der Waals surface area contributed by atoms with Gasteiger partial charge in [0, 0.05) is 17.1 Å². The van der Waals surface area contributed by atoms with E-state index in [1.165, 1.54) is 0 Å². The average molecular weight is 304 g/mol. The van der Waals surface area contributed by atoms with Crippen LogP contribution in [0.3, 0.4) is 0 Å². The highest BCUT2D eigenvalue weighted by Crippen LogP contribution is 2.27. The molecule has 5 heteroatoms. The summed E-state index contributed by atoms with van der Waals surface area (Å²) in [5.74, 6) is 0.458. The van der Waals surface area contributed by atoms with Gasteiger partial charge < -0.3 is 15.4 Å². The molecular formula is C16H20N2O2S. The van der Waals surface area contributed by atoms with E-state index in [1.807, 2.05) is 31.4 Å². The van der Waals surface area contributed by atoms with Gasteiger partial charge in [0.15, 0.2) is 0 Å². The number of rotatable bonds is 6. The Morgan fingerprint density at radius 3 is 2.71 bits per heavy atom. The number of ether oxygens (including phenoxy) is 1. The van der Waals surface area contributed by atoms with Crippen LogP contribution < -0.4 is 10.5 Å². The van der Waals surface area contributed by atoms with E-state index in [2.05, 4.69) is 0 Å². The van der Waals surface area contributed by atoms with Gasteiger partial charge in [0.2, 0.25) is 0 Å². The molecule has 0 aliphatic rings. The van der Waals surface area contributed by atoms with Crippen molar-refractivity contribution in [3.05, 3.63) is 46.2 Å². The monoisotopic (exact) mass is 304 g/mol. The van der Waals surface area contributed by atoms with E-state index in [-0.39, 0.29) is 5.91 Å². The first kappa shape index (κ1) is 15.4. The maximum absolute atomic E-state index is 12.8. The van der Waals surface area contributed by atoms with Crippen LogP contribution in [0.4, 0.5) is 5.69 Å². The lowest BCUT2D eigenvalue weighted by atomic mass is 10.1. The molecular weight excluding hydrogens is 284 g/mol. The van der Waals surface area contributed by atoms with Crippen molar-refractivity contribution in [2.45, 2.75) is 20.4 Å². The Morgan fingerprint density at radius 1 is 1.29 bits per heavy atom. The summed E-state index contributed by atoms with van der Waals surface area (Å²) in [6.07, 6.45) is 0. The Morgan fingerprint density at radius 2 is 2.10 bits per heavy atom. The fraction of sp³-hybridized carbons (Fsp3) is 0.312. The van der Waals surface area contributed by atoms with Gasteiger partial charge in [-0.3, -0.25) is 4.79 Å². The summed E-state index contributed by atoms with van der Waals surface area (Å²) >= 11 is 1.64. The molecule has 0 radical (unpaired) electrons. The first-order valence-electron chi connectivity index (χ1n) is 7.00. The third kappa shape index (κ3) is 3.55. The highest BCUT2D eigenvalue weighted by Gasteiger charge is 2.21. The van der Waals surface area contributed by atoms with Crippen molar-refractivity contribution in [2.24, 2.45) is 0 Å². The lowest BCUT2D eigenvalue weighted by Gasteiger charge is -2.22. The number of amides is 1. The van der Waals surface area contributed by atoms with Crippen molar-refractivity contribution in [2.75, 3.05) is 18.9 Å². The van der Waals surface area contributed by atoms with Gasteiger partial charge in [-0.25, -0.2) is 0 Å². The van der Waals surface area contributed by atoms with Crippen LogP contribution in [-0.4, -0.2) is 24.0 Å². The van der Waals surface area contributed by atoms with Crippen molar-refractivity contribution in [3.8, 4) is 5.75 Å². The molecule has 21 heavy (non-hydrogen) atoms. The Kier molecular flexibility index (Phi) is 5.22. The van der Waals surface area contributed by atoms with Crippen LogP contribution in [0.15, 0.2) is 35.7 Å². The first-order valence-corrected chi connectivity index (χ1v) is 7.88. The first-order chi connectivity index (χ1) is 10.2. The summed E-state index contributed by atoms with van der Waals surface area (Å²) in [5.41, 5.74) is 6.90. The van der Waals surface area contributed by atoms with Gasteiger partial charge in [-0.2, -0.15) is 0 Å². The Hall–Kier alpha value is -2.01. The van der Waals surface area contributed by atoms with Crippen molar-refractivity contribution in [1.82, 2.24) is 4.90 Å². The number of nitrogen functional groups attached to an aromatic ring is 1. The zero-order chi connectivity index (χ0) is 15.2. The van der Waals surface area contributed by atoms with Crippen LogP contribution in [0.1, 0.15) is 29.1 Å². The minimum atomic E-state index is -0.0903. The van der Waals surface area contributed by atoms with Crippen LogP contribution in [-0.2, 0) is 6.54 Å². The highest BCUT2D eigenvalue weighted by molar-refractivity contribution is 7.09. The van der Waals surface area contributed by atoms with Crippen LogP contribution in [0.2, 0.25) is 0 Å². The Bertz CT molecular complexity index is 596. The number of thiophene rings is 1. The van der Waals surface area contributed by atoms with Gasteiger partial charge in [0.1, 0.15) is 11.3 Å². The molecule has 1 aromatic heterocycles. The molecule has 0 bridgehead atoms. The lowest BCUT2D eigenvalue weighted by molar-refractivity contribution is 0.0751. The zero-order valence-electron chi connectivity index (χ0n) is 12.3. The van der Waals surface area contributed by atoms with E-state index in [0.717, 1.165) is 4.88 Å². The number of nitrogens with two attached hydrogens (primary N) is 1. The normalized spacial score (nSPS) is 10.4. The minimum absolute atomic E-state index is 0.0903. The molecule has 0 aliphatic carbocycles. The molecule has 0 unspecified atom stereocenters. The topological polar surface area (TPSA) is 55.6 Å². The quantitative estimate of drug-likeness (QED) is 0.832. The number of anilines is 1. The summed E-state index contributed by atoms with van der Waals surface area (Å²) in [5, 5.41) is 2.01. The predicted molar refractivity (Wildman–Crippen MR) is 86.8 cm³/mol. The van der Waals surface area contributed by atoms with Crippen LogP contribution >= 0.6 is 11.3 Å². The van der Waals surface area contributed by atoms with Gasteiger partial charge in [-0.05, 0) is 37.4 Å². The molecule has 0 spiro atoms. The maximum atomic E-state index is 12.8. The number of hydrogen-bond acceptors (Lipinski definition) is 4. The molecule has 0 fully saturated rings. The molecule has 0 atom stereocenters. The molecule has 2 rings (SSSR count). The molecule has 0 aliphatic heterocycles. The van der Waals surface area contributed by atoms with E-state index in [0.29, 0.717) is 36.7 Å². The van der Waals surface area contributed by atoms with Gasteiger partial charge in [0.05, 0.1) is 13.2 Å². The molecule has 2 N–H and O–H groups in total. The van der Waals surface area contributed by atoms with Crippen LogP contribution in [0, 0.1) is 0 Å². The minimum Gasteiger partial charge on any atom is -0.493 e. The van der Waals surface area contributed by atoms with Gasteiger partial charge in [-0.15, -0.1) is 11.3 Å². The third-order valence-corrected chi connectivity index (χ3v) is 4.03. The van der Waals surface area contributed by atoms with E-state index < -0.39 is 0 Å². The second kappa shape index (κ2) is 7.13. The molecule has 1 amide bonds. The number of nitrogens with zero attached hydrogens (tertiary/aromatic N) is 1. The second-order valence-electron chi connectivity index (χ2n) is 4.55. The summed E-state index contributed by atoms with van der Waals surface area (Å²) < 4.78 is 5.54. The Balaban J connectivity index is 2.28. The fourth-order valence-electron chi connectivity index (χ4n) is 2.13. The lowest BCUT2D eigenvalue weighted by Crippen LogP contribution is -2.31. The average Bonchev–Trinajstić information content (AvgIpc) is 2.98. The van der Waals surface area contributed by atoms with Crippen molar-refractivity contribution >= 4 is 22.9 Å². The standard InChI is InChI=1S/C16H20N2O2S/c1-3-18(11-12-7-6-10-21-12)16(19)15-13(17)8-5-9-14(15)20-4-2/h5-10H,3-4,11,17H2,1-2H3. The maximum Gasteiger partial charge on any atom is 0.260 e. The molecule has 2 aromatic rings. The molecule has 1 aromatic carbocycles. The van der Waals surface area contributed by atoms with Crippen molar-refractivity contribution in [1.29, 1.82) is 0 Å². The van der Waals surface area contributed by atoms with E-state index in [4.69, 9.17) is 10.5 Å². The summed E-state index contributed by atoms with van der Waals surface area (Å²) in [6.45, 7) is 5.57. The number of carbonyl (C=O) groups is 1. The van der Waals surface area contributed by atoms with E-state index in [9.17, 15) is 4.79 Å². The second-order valence-corrected chi connectivity index (χ2v) is 5.58. The van der Waals surface area contributed by atoms with Crippen molar-refractivity contribution < 1.29 is 9.53 Å². The summed E-state index contributed by atoms with van der Waals surface area (Å²) in [4.78, 5) is 15.7. The zero-order valence-corrected chi connectivity index (χ0v) is 13.2. The van der Waals surface area contributed by atoms with Crippen LogP contribution in [0.5, 0.6) is 5.75 Å². The number of benzene rings is 1. The molecule has 4 nitrogen and oxygen atoms in total. The van der Waals surface area contributed by atoms with Gasteiger partial charge in [-0.1, -0.05) is 12.1 Å². The largest absolute Gasteiger partial charge is 0.493 e. The number of carbonyl (C=O) groups excluding carboxylic acids is 1. The van der Waals surface area contributed by atoms with Gasteiger partial charge >= 0.3 is 0 Å². The van der Waals surface area contributed by atoms with Gasteiger partial charge in [0.25, 0.3) is 5.91 Å². The fourth-order valence-corrected chi connectivity index (χ4v) is 2.85. The summed E-state index contributed by atoms with van der Waals surface area (Å²) in [7, 11) is 0. The van der Waals surface area contributed by atoms with E-state index in [1.54, 1.807) is 34.4 Å². The molecule has 1 heterocycles. The van der Waals surface area contributed by atoms with E-state index >= 15 is 0 Å². The predicted octanol–water partition coefficient (Wildman–Crippen LogP) is 3.39. The molecule has 0 saturated carbocycles. The smallest absolute Gasteiger partial charge is 0.260 e. The third-order valence-electron chi connectivity index (χ3n) is 3.17. The Labute approximate surface area is 129 Å². The van der Waals surface area contributed by atoms with Crippen molar-refractivity contribution in [3.63, 3.8) is 0 Å². The molecule has 0 saturated heterocycles. The SMILES string of the molecule is CCOc1cccc(N)c1C(=O)N(CC)Cc1cccs1. The van der Waals surface area contributed by atoms with Crippen LogP contribution in [0.25, 0.3) is 0 Å². The molecule has 112 valence electrons. The highest BCUT2D eigenvalue weighted by atomic mass is 32.1. The number of hydrogen-bond donors (Lipinski definition) is 1.